The Morgan fingerprint density at radius 1 is 1.29 bits per heavy atom. The third kappa shape index (κ3) is 5.65. The Morgan fingerprint density at radius 2 is 2.11 bits per heavy atom. The third-order valence-corrected chi connectivity index (χ3v) is 6.89. The quantitative estimate of drug-likeness (QED) is 0.326. The van der Waals surface area contributed by atoms with Crippen LogP contribution in [0, 0.1) is 17.8 Å². The molecule has 1 saturated carbocycles. The number of carbonyl (C=O) groups is 1. The van der Waals surface area contributed by atoms with Gasteiger partial charge < -0.3 is 20.5 Å². The molecule has 4 rings (SSSR count). The first-order valence-electron chi connectivity index (χ1n) is 11.8. The van der Waals surface area contributed by atoms with Gasteiger partial charge in [-0.05, 0) is 43.7 Å². The zero-order valence-electron chi connectivity index (χ0n) is 19.6. The van der Waals surface area contributed by atoms with Crippen molar-refractivity contribution in [3.8, 4) is 11.8 Å². The molecule has 0 saturated heterocycles. The fraction of sp³-hybridized carbons (Fsp3) is 0.423. The van der Waals surface area contributed by atoms with Crippen molar-refractivity contribution in [2.75, 3.05) is 19.6 Å². The largest absolute Gasteiger partial charge is 0.390 e. The highest BCUT2D eigenvalue weighted by Crippen LogP contribution is 2.38. The fourth-order valence-corrected chi connectivity index (χ4v) is 4.91. The van der Waals surface area contributed by atoms with Crippen molar-refractivity contribution < 1.29 is 15.0 Å². The van der Waals surface area contributed by atoms with Crippen molar-refractivity contribution in [2.24, 2.45) is 11.7 Å². The molecule has 1 aliphatic carbocycles. The van der Waals surface area contributed by atoms with Crippen LogP contribution in [0.4, 0.5) is 0 Å². The maximum absolute atomic E-state index is 11.4. The molecule has 35 heavy (non-hydrogen) atoms. The lowest BCUT2D eigenvalue weighted by atomic mass is 10.0. The molecule has 1 aliphatic rings. The van der Waals surface area contributed by atoms with Crippen molar-refractivity contribution >= 4 is 28.5 Å². The average molecular weight is 496 g/mol. The van der Waals surface area contributed by atoms with E-state index in [0.29, 0.717) is 35.9 Å². The van der Waals surface area contributed by atoms with E-state index in [1.54, 1.807) is 18.2 Å². The number of benzene rings is 1. The molecule has 1 amide bonds. The first-order valence-corrected chi connectivity index (χ1v) is 12.2. The summed E-state index contributed by atoms with van der Waals surface area (Å²) in [7, 11) is 0. The van der Waals surface area contributed by atoms with Gasteiger partial charge >= 0.3 is 0 Å². The van der Waals surface area contributed by atoms with Crippen LogP contribution in [0.3, 0.4) is 0 Å². The van der Waals surface area contributed by atoms with E-state index in [9.17, 15) is 15.0 Å². The van der Waals surface area contributed by atoms with Crippen LogP contribution in [-0.2, 0) is 0 Å². The van der Waals surface area contributed by atoms with Crippen LogP contribution in [0.2, 0.25) is 5.15 Å². The van der Waals surface area contributed by atoms with Crippen LogP contribution in [0.1, 0.15) is 48.1 Å². The minimum Gasteiger partial charge on any atom is -0.390 e. The Hall–Kier alpha value is -2.96. The first kappa shape index (κ1) is 25.1. The summed E-state index contributed by atoms with van der Waals surface area (Å²) in [6.45, 7) is 4.10. The molecule has 3 aromatic rings. The Kier molecular flexibility index (Phi) is 8.04. The Bertz CT molecular complexity index is 1250. The summed E-state index contributed by atoms with van der Waals surface area (Å²) in [6.07, 6.45) is 4.11. The van der Waals surface area contributed by atoms with Crippen molar-refractivity contribution in [1.29, 1.82) is 0 Å². The number of aliphatic hydroxyl groups excluding tert-OH is 2. The second-order valence-electron chi connectivity index (χ2n) is 9.00. The second-order valence-corrected chi connectivity index (χ2v) is 9.36. The molecule has 4 N–H and O–H groups in total. The number of rotatable bonds is 8. The SMILES string of the molecule is CCCCN(CC#Cc1cccc(C(N)=O)c1)CC1C[C@@H](n2ccc3c(Cl)ncnc32)[C@H](O)[C@@H]1O. The van der Waals surface area contributed by atoms with Gasteiger partial charge in [0.1, 0.15) is 23.2 Å². The fourth-order valence-electron chi connectivity index (χ4n) is 4.72. The molecule has 9 heteroatoms. The maximum Gasteiger partial charge on any atom is 0.248 e. The van der Waals surface area contributed by atoms with Gasteiger partial charge in [-0.2, -0.15) is 0 Å². The molecule has 2 aromatic heterocycles. The highest BCUT2D eigenvalue weighted by Gasteiger charge is 2.43. The number of nitrogens with zero attached hydrogens (tertiary/aromatic N) is 4. The maximum atomic E-state index is 11.4. The van der Waals surface area contributed by atoms with E-state index >= 15 is 0 Å². The van der Waals surface area contributed by atoms with E-state index < -0.39 is 18.1 Å². The summed E-state index contributed by atoms with van der Waals surface area (Å²) in [5, 5.41) is 22.9. The molecule has 1 unspecified atom stereocenters. The summed E-state index contributed by atoms with van der Waals surface area (Å²) in [4.78, 5) is 22.0. The van der Waals surface area contributed by atoms with Gasteiger partial charge in [0.2, 0.25) is 5.91 Å². The normalized spacial score (nSPS) is 21.9. The number of unbranched alkanes of at least 4 members (excludes halogenated alkanes) is 1. The number of carbonyl (C=O) groups excluding carboxylic acids is 1. The Morgan fingerprint density at radius 3 is 2.89 bits per heavy atom. The molecule has 8 nitrogen and oxygen atoms in total. The highest BCUT2D eigenvalue weighted by molar-refractivity contribution is 6.33. The molecule has 0 aliphatic heterocycles. The molecule has 184 valence electrons. The number of hydrogen-bond acceptors (Lipinski definition) is 6. The number of hydrogen-bond donors (Lipinski definition) is 3. The third-order valence-electron chi connectivity index (χ3n) is 6.59. The summed E-state index contributed by atoms with van der Waals surface area (Å²) in [6, 6.07) is 8.48. The summed E-state index contributed by atoms with van der Waals surface area (Å²) < 4.78 is 1.89. The lowest BCUT2D eigenvalue weighted by Gasteiger charge is -2.25. The smallest absolute Gasteiger partial charge is 0.248 e. The molecule has 0 radical (unpaired) electrons. The molecular formula is C26H30ClN5O3. The van der Waals surface area contributed by atoms with Crippen LogP contribution in [0.25, 0.3) is 11.0 Å². The topological polar surface area (TPSA) is 118 Å². The van der Waals surface area contributed by atoms with E-state index in [2.05, 4.69) is 33.6 Å². The zero-order valence-corrected chi connectivity index (χ0v) is 20.4. The van der Waals surface area contributed by atoms with Crippen LogP contribution in [-0.4, -0.2) is 67.4 Å². The van der Waals surface area contributed by atoms with E-state index in [-0.39, 0.29) is 12.0 Å². The van der Waals surface area contributed by atoms with Crippen LogP contribution in [0.15, 0.2) is 42.9 Å². The van der Waals surface area contributed by atoms with Gasteiger partial charge in [0, 0.05) is 29.8 Å². The molecule has 0 spiro atoms. The van der Waals surface area contributed by atoms with Crippen molar-refractivity contribution in [3.05, 3.63) is 59.1 Å². The van der Waals surface area contributed by atoms with Gasteiger partial charge in [-0.25, -0.2) is 9.97 Å². The molecule has 0 bridgehead atoms. The predicted molar refractivity (Wildman–Crippen MR) is 135 cm³/mol. The number of fused-ring (bicyclic) bond motifs is 1. The van der Waals surface area contributed by atoms with E-state index in [4.69, 9.17) is 17.3 Å². The van der Waals surface area contributed by atoms with Gasteiger partial charge in [0.15, 0.2) is 0 Å². The Labute approximate surface area is 209 Å². The molecule has 1 fully saturated rings. The summed E-state index contributed by atoms with van der Waals surface area (Å²) in [5.74, 6) is 5.69. The number of amides is 1. The standard InChI is InChI=1S/C26H30ClN5O3/c1-2-3-10-31(11-5-7-17-6-4-8-18(13-17)25(28)35)15-19-14-21(23(34)22(19)33)32-12-9-20-24(27)29-16-30-26(20)32/h4,6,8-9,12-13,16,19,21-23,33-34H,2-3,10-11,14-15H2,1H3,(H2,28,35)/t19?,21-,22-,23+/m1/s1. The molecule has 2 heterocycles. The lowest BCUT2D eigenvalue weighted by molar-refractivity contribution is 0.00101. The van der Waals surface area contributed by atoms with E-state index in [1.165, 1.54) is 6.33 Å². The van der Waals surface area contributed by atoms with Crippen molar-refractivity contribution in [2.45, 2.75) is 44.4 Å². The van der Waals surface area contributed by atoms with Crippen LogP contribution >= 0.6 is 11.6 Å². The van der Waals surface area contributed by atoms with Gasteiger partial charge in [0.25, 0.3) is 0 Å². The number of primary amides is 1. The minimum absolute atomic E-state index is 0.124. The van der Waals surface area contributed by atoms with E-state index in [1.807, 2.05) is 22.9 Å². The van der Waals surface area contributed by atoms with Gasteiger partial charge in [-0.3, -0.25) is 9.69 Å². The summed E-state index contributed by atoms with van der Waals surface area (Å²) >= 11 is 6.19. The van der Waals surface area contributed by atoms with E-state index in [0.717, 1.165) is 30.3 Å². The monoisotopic (exact) mass is 495 g/mol. The zero-order chi connectivity index (χ0) is 24.9. The number of aliphatic hydroxyl groups is 2. The first-order chi connectivity index (χ1) is 16.9. The van der Waals surface area contributed by atoms with Crippen LogP contribution < -0.4 is 5.73 Å². The Balaban J connectivity index is 1.47. The summed E-state index contributed by atoms with van der Waals surface area (Å²) in [5.41, 5.74) is 7.16. The number of halogens is 1. The highest BCUT2D eigenvalue weighted by atomic mass is 35.5. The molecule has 1 aromatic carbocycles. The number of nitrogens with two attached hydrogens (primary N) is 1. The van der Waals surface area contributed by atoms with Gasteiger partial charge in [-0.15, -0.1) is 0 Å². The van der Waals surface area contributed by atoms with Gasteiger partial charge in [-0.1, -0.05) is 42.9 Å². The van der Waals surface area contributed by atoms with Crippen LogP contribution in [0.5, 0.6) is 0 Å². The molecule has 4 atom stereocenters. The number of aromatic nitrogens is 3. The van der Waals surface area contributed by atoms with Gasteiger partial charge in [0.05, 0.1) is 24.1 Å². The minimum atomic E-state index is -0.917. The predicted octanol–water partition coefficient (Wildman–Crippen LogP) is 2.62. The van der Waals surface area contributed by atoms with Crippen molar-refractivity contribution in [1.82, 2.24) is 19.4 Å². The second kappa shape index (κ2) is 11.2. The van der Waals surface area contributed by atoms with Crippen molar-refractivity contribution in [3.63, 3.8) is 0 Å². The average Bonchev–Trinajstić information content (AvgIpc) is 3.40. The lowest BCUT2D eigenvalue weighted by Crippen LogP contribution is -2.36. The molecular weight excluding hydrogens is 466 g/mol.